The minimum atomic E-state index is -0.597. The average molecular weight is 295 g/mol. The van der Waals surface area contributed by atoms with Crippen LogP contribution in [0.3, 0.4) is 0 Å². The average Bonchev–Trinajstić information content (AvgIpc) is 2.80. The first-order valence-corrected chi connectivity index (χ1v) is 7.53. The molecule has 0 aliphatic carbocycles. The summed E-state index contributed by atoms with van der Waals surface area (Å²) >= 11 is 7.68. The van der Waals surface area contributed by atoms with E-state index in [0.29, 0.717) is 5.02 Å². The third-order valence-corrected chi connectivity index (χ3v) is 4.97. The molecule has 3 heteroatoms. The van der Waals surface area contributed by atoms with Gasteiger partial charge in [0.05, 0.1) is 0 Å². The van der Waals surface area contributed by atoms with Gasteiger partial charge in [-0.25, -0.2) is 0 Å². The van der Waals surface area contributed by atoms with Gasteiger partial charge in [-0.3, -0.25) is 0 Å². The topological polar surface area (TPSA) is 20.2 Å². The van der Waals surface area contributed by atoms with Crippen molar-refractivity contribution in [3.63, 3.8) is 0 Å². The smallest absolute Gasteiger partial charge is 0.113 e. The maximum Gasteiger partial charge on any atom is 0.113 e. The Morgan fingerprint density at radius 2 is 1.84 bits per heavy atom. The van der Waals surface area contributed by atoms with Crippen molar-refractivity contribution in [2.24, 2.45) is 0 Å². The molecule has 1 unspecified atom stereocenters. The molecule has 1 aromatic heterocycles. The van der Waals surface area contributed by atoms with Gasteiger partial charge in [-0.05, 0) is 47.7 Å². The van der Waals surface area contributed by atoms with Crippen molar-refractivity contribution >= 4 is 22.9 Å². The molecular weight excluding hydrogens is 276 g/mol. The molecule has 0 bridgehead atoms. The fourth-order valence-corrected chi connectivity index (χ4v) is 3.21. The zero-order chi connectivity index (χ0) is 14.2. The van der Waals surface area contributed by atoms with Gasteiger partial charge in [-0.1, -0.05) is 38.4 Å². The quantitative estimate of drug-likeness (QED) is 0.818. The van der Waals surface area contributed by atoms with Crippen molar-refractivity contribution in [1.82, 2.24) is 0 Å². The minimum absolute atomic E-state index is 0.117. The van der Waals surface area contributed by atoms with Gasteiger partial charge in [-0.2, -0.15) is 0 Å². The molecule has 102 valence electrons. The summed E-state index contributed by atoms with van der Waals surface area (Å²) in [6.45, 7) is 8.53. The summed E-state index contributed by atoms with van der Waals surface area (Å²) in [6.07, 6.45) is -0.597. The van der Waals surface area contributed by atoms with Crippen LogP contribution in [0.25, 0.3) is 0 Å². The summed E-state index contributed by atoms with van der Waals surface area (Å²) in [6, 6.07) is 9.75. The Labute approximate surface area is 123 Å². The van der Waals surface area contributed by atoms with Crippen LogP contribution < -0.4 is 0 Å². The van der Waals surface area contributed by atoms with Crippen LogP contribution in [0.4, 0.5) is 0 Å². The first kappa shape index (κ1) is 14.6. The molecule has 0 saturated heterocycles. The number of hydrogen-bond donors (Lipinski definition) is 1. The van der Waals surface area contributed by atoms with Crippen molar-refractivity contribution < 1.29 is 5.11 Å². The van der Waals surface area contributed by atoms with E-state index < -0.39 is 6.10 Å². The zero-order valence-corrected chi connectivity index (χ0v) is 13.3. The lowest BCUT2D eigenvalue weighted by atomic mass is 9.95. The van der Waals surface area contributed by atoms with E-state index in [9.17, 15) is 5.11 Å². The normalized spacial score (nSPS) is 13.6. The van der Waals surface area contributed by atoms with Gasteiger partial charge in [0.1, 0.15) is 6.10 Å². The molecule has 1 N–H and O–H groups in total. The largest absolute Gasteiger partial charge is 0.383 e. The Balaban J connectivity index is 2.36. The molecule has 0 fully saturated rings. The van der Waals surface area contributed by atoms with E-state index in [-0.39, 0.29) is 5.41 Å². The number of rotatable bonds is 2. The van der Waals surface area contributed by atoms with E-state index in [1.807, 2.05) is 31.2 Å². The van der Waals surface area contributed by atoms with Crippen LogP contribution in [-0.4, -0.2) is 5.11 Å². The minimum Gasteiger partial charge on any atom is -0.383 e. The first-order chi connectivity index (χ1) is 8.79. The molecule has 19 heavy (non-hydrogen) atoms. The van der Waals surface area contributed by atoms with Gasteiger partial charge in [0.25, 0.3) is 0 Å². The number of hydrogen-bond acceptors (Lipinski definition) is 2. The number of halogens is 1. The Hall–Kier alpha value is -0.830. The van der Waals surface area contributed by atoms with Crippen LogP contribution in [0.15, 0.2) is 30.3 Å². The Morgan fingerprint density at radius 1 is 1.16 bits per heavy atom. The van der Waals surface area contributed by atoms with E-state index in [1.54, 1.807) is 11.3 Å². The molecule has 2 rings (SSSR count). The summed E-state index contributed by atoms with van der Waals surface area (Å²) in [5.41, 5.74) is 2.06. The van der Waals surface area contributed by atoms with Gasteiger partial charge in [0.15, 0.2) is 0 Å². The number of aliphatic hydroxyl groups excluding tert-OH is 1. The second-order valence-electron chi connectivity index (χ2n) is 5.86. The fourth-order valence-electron chi connectivity index (χ4n) is 1.96. The summed E-state index contributed by atoms with van der Waals surface area (Å²) in [7, 11) is 0. The molecule has 0 saturated carbocycles. The van der Waals surface area contributed by atoms with Crippen LogP contribution in [0, 0.1) is 6.92 Å². The van der Waals surface area contributed by atoms with Gasteiger partial charge in [0, 0.05) is 14.8 Å². The highest BCUT2D eigenvalue weighted by molar-refractivity contribution is 7.12. The van der Waals surface area contributed by atoms with Crippen LogP contribution in [0.1, 0.15) is 47.8 Å². The zero-order valence-electron chi connectivity index (χ0n) is 11.7. The molecule has 0 amide bonds. The highest BCUT2D eigenvalue weighted by Crippen LogP contribution is 2.35. The molecule has 0 spiro atoms. The standard InChI is InChI=1S/C16H19ClOS/c1-10-5-6-11(17)9-12(10)15(18)13-7-8-14(19-13)16(2,3)4/h5-9,15,18H,1-4H3. The Bertz CT molecular complexity index is 581. The predicted molar refractivity (Wildman–Crippen MR) is 83.3 cm³/mol. The van der Waals surface area contributed by atoms with Gasteiger partial charge in [-0.15, -0.1) is 11.3 Å². The fraction of sp³-hybridized carbons (Fsp3) is 0.375. The summed E-state index contributed by atoms with van der Waals surface area (Å²) in [4.78, 5) is 2.25. The van der Waals surface area contributed by atoms with Crippen LogP contribution >= 0.6 is 22.9 Å². The van der Waals surface area contributed by atoms with E-state index >= 15 is 0 Å². The maximum atomic E-state index is 10.5. The summed E-state index contributed by atoms with van der Waals surface area (Å²) < 4.78 is 0. The molecule has 0 radical (unpaired) electrons. The van der Waals surface area contributed by atoms with Crippen LogP contribution in [-0.2, 0) is 5.41 Å². The number of aliphatic hydroxyl groups is 1. The van der Waals surface area contributed by atoms with E-state index in [1.165, 1.54) is 4.88 Å². The van der Waals surface area contributed by atoms with Gasteiger partial charge in [0.2, 0.25) is 0 Å². The van der Waals surface area contributed by atoms with E-state index in [0.717, 1.165) is 16.0 Å². The molecule has 1 heterocycles. The lowest BCUT2D eigenvalue weighted by molar-refractivity contribution is 0.223. The maximum absolute atomic E-state index is 10.5. The van der Waals surface area contributed by atoms with Crippen molar-refractivity contribution in [2.75, 3.05) is 0 Å². The lowest BCUT2D eigenvalue weighted by Crippen LogP contribution is -2.07. The Kier molecular flexibility index (Phi) is 4.05. The summed E-state index contributed by atoms with van der Waals surface area (Å²) in [5.74, 6) is 0. The Morgan fingerprint density at radius 3 is 2.42 bits per heavy atom. The SMILES string of the molecule is Cc1ccc(Cl)cc1C(O)c1ccc(C(C)(C)C)s1. The molecule has 0 aliphatic rings. The number of thiophene rings is 1. The highest BCUT2D eigenvalue weighted by Gasteiger charge is 2.20. The van der Waals surface area contributed by atoms with E-state index in [2.05, 4.69) is 26.8 Å². The predicted octanol–water partition coefficient (Wildman–Crippen LogP) is 5.09. The van der Waals surface area contributed by atoms with Gasteiger partial charge >= 0.3 is 0 Å². The second-order valence-corrected chi connectivity index (χ2v) is 7.41. The van der Waals surface area contributed by atoms with Crippen molar-refractivity contribution in [3.8, 4) is 0 Å². The van der Waals surface area contributed by atoms with Crippen molar-refractivity contribution in [3.05, 3.63) is 56.2 Å². The second kappa shape index (κ2) is 5.28. The molecule has 0 aliphatic heterocycles. The number of aryl methyl sites for hydroxylation is 1. The number of benzene rings is 1. The third-order valence-electron chi connectivity index (χ3n) is 3.17. The van der Waals surface area contributed by atoms with E-state index in [4.69, 9.17) is 11.6 Å². The molecule has 2 aromatic rings. The monoisotopic (exact) mass is 294 g/mol. The highest BCUT2D eigenvalue weighted by atomic mass is 35.5. The van der Waals surface area contributed by atoms with Gasteiger partial charge < -0.3 is 5.11 Å². The van der Waals surface area contributed by atoms with Crippen LogP contribution in [0.5, 0.6) is 0 Å². The molecule has 1 atom stereocenters. The molecular formula is C16H19ClOS. The van der Waals surface area contributed by atoms with Crippen LogP contribution in [0.2, 0.25) is 5.02 Å². The van der Waals surface area contributed by atoms with Crippen molar-refractivity contribution in [1.29, 1.82) is 0 Å². The molecule has 1 aromatic carbocycles. The third kappa shape index (κ3) is 3.19. The summed E-state index contributed by atoms with van der Waals surface area (Å²) in [5, 5.41) is 11.2. The first-order valence-electron chi connectivity index (χ1n) is 6.33. The lowest BCUT2D eigenvalue weighted by Gasteiger charge is -2.16. The molecule has 1 nitrogen and oxygen atoms in total. The van der Waals surface area contributed by atoms with Crippen molar-refractivity contribution in [2.45, 2.75) is 39.2 Å².